The molecule has 0 amide bonds. The summed E-state index contributed by atoms with van der Waals surface area (Å²) in [5.41, 5.74) is 6.22. The molecule has 1 saturated carbocycles. The van der Waals surface area contributed by atoms with Crippen LogP contribution >= 0.6 is 0 Å². The topological polar surface area (TPSA) is 77.4 Å². The molecule has 0 spiro atoms. The molecule has 0 bridgehead atoms. The van der Waals surface area contributed by atoms with Crippen molar-refractivity contribution in [1.29, 1.82) is 0 Å². The Kier molecular flexibility index (Phi) is 4.28. The van der Waals surface area contributed by atoms with Crippen molar-refractivity contribution in [3.63, 3.8) is 0 Å². The van der Waals surface area contributed by atoms with E-state index in [2.05, 4.69) is 28.9 Å². The Hall–Kier alpha value is -0.980. The largest absolute Gasteiger partial charge is 0.367 e. The van der Waals surface area contributed by atoms with Gasteiger partial charge in [0.05, 0.1) is 6.61 Å². The van der Waals surface area contributed by atoms with Gasteiger partial charge in [-0.2, -0.15) is 4.98 Å². The molecule has 1 aliphatic heterocycles. The Balaban J connectivity index is 1.64. The SMILES string of the molecule is CC(C)N1CCOC(c2noc(CC3(N)CCCC3)n2)C1. The minimum Gasteiger partial charge on any atom is -0.367 e. The van der Waals surface area contributed by atoms with Crippen LogP contribution in [0.3, 0.4) is 0 Å². The number of ether oxygens (including phenoxy) is 1. The molecule has 1 aromatic rings. The standard InChI is InChI=1S/C15H26N4O2/c1-11(2)19-7-8-20-12(10-19)14-17-13(21-18-14)9-15(16)5-3-4-6-15/h11-12H,3-10,16H2,1-2H3. The lowest BCUT2D eigenvalue weighted by Gasteiger charge is -2.34. The van der Waals surface area contributed by atoms with Gasteiger partial charge in [-0.15, -0.1) is 0 Å². The summed E-state index contributed by atoms with van der Waals surface area (Å²) in [5, 5.41) is 4.11. The molecule has 6 nitrogen and oxygen atoms in total. The number of rotatable bonds is 4. The van der Waals surface area contributed by atoms with Gasteiger partial charge in [0.25, 0.3) is 0 Å². The average molecular weight is 294 g/mol. The number of aromatic nitrogens is 2. The number of morpholine rings is 1. The molecule has 2 fully saturated rings. The van der Waals surface area contributed by atoms with Gasteiger partial charge < -0.3 is 15.0 Å². The smallest absolute Gasteiger partial charge is 0.228 e. The summed E-state index contributed by atoms with van der Waals surface area (Å²) in [5.74, 6) is 1.32. The first-order valence-corrected chi connectivity index (χ1v) is 8.03. The van der Waals surface area contributed by atoms with E-state index in [0.717, 1.165) is 25.9 Å². The summed E-state index contributed by atoms with van der Waals surface area (Å²) in [6.45, 7) is 6.90. The second kappa shape index (κ2) is 6.02. The van der Waals surface area contributed by atoms with Crippen molar-refractivity contribution >= 4 is 0 Å². The van der Waals surface area contributed by atoms with Crippen LogP contribution in [0.5, 0.6) is 0 Å². The van der Waals surface area contributed by atoms with Crippen molar-refractivity contribution in [1.82, 2.24) is 15.0 Å². The first kappa shape index (κ1) is 14.9. The number of nitrogens with two attached hydrogens (primary N) is 1. The second-order valence-electron chi connectivity index (χ2n) is 6.74. The lowest BCUT2D eigenvalue weighted by atomic mass is 9.95. The van der Waals surface area contributed by atoms with Crippen molar-refractivity contribution in [2.75, 3.05) is 19.7 Å². The molecule has 1 saturated heterocycles. The minimum absolute atomic E-state index is 0.0871. The fourth-order valence-electron chi connectivity index (χ4n) is 3.32. The van der Waals surface area contributed by atoms with Crippen LogP contribution in [-0.4, -0.2) is 46.3 Å². The van der Waals surface area contributed by atoms with Crippen LogP contribution in [-0.2, 0) is 11.2 Å². The average Bonchev–Trinajstić information content (AvgIpc) is 3.09. The number of hydrogen-bond acceptors (Lipinski definition) is 6. The molecular formula is C15H26N4O2. The molecule has 1 atom stereocenters. The van der Waals surface area contributed by atoms with Crippen molar-refractivity contribution < 1.29 is 9.26 Å². The molecule has 1 aliphatic carbocycles. The molecule has 0 radical (unpaired) electrons. The van der Waals surface area contributed by atoms with Crippen LogP contribution in [0.4, 0.5) is 0 Å². The van der Waals surface area contributed by atoms with E-state index in [9.17, 15) is 0 Å². The lowest BCUT2D eigenvalue weighted by molar-refractivity contribution is -0.0450. The van der Waals surface area contributed by atoms with Gasteiger partial charge in [0.15, 0.2) is 0 Å². The van der Waals surface area contributed by atoms with Crippen molar-refractivity contribution in [2.45, 2.75) is 63.6 Å². The zero-order valence-electron chi connectivity index (χ0n) is 13.0. The normalized spacial score (nSPS) is 26.6. The summed E-state index contributed by atoms with van der Waals surface area (Å²) in [7, 11) is 0. The maximum atomic E-state index is 6.37. The van der Waals surface area contributed by atoms with Crippen LogP contribution in [0.1, 0.15) is 57.3 Å². The van der Waals surface area contributed by atoms with E-state index < -0.39 is 0 Å². The molecule has 21 heavy (non-hydrogen) atoms. The molecular weight excluding hydrogens is 268 g/mol. The Bertz CT molecular complexity index is 468. The first-order chi connectivity index (χ1) is 10.1. The van der Waals surface area contributed by atoms with Crippen LogP contribution in [0, 0.1) is 0 Å². The maximum absolute atomic E-state index is 6.37. The fraction of sp³-hybridized carbons (Fsp3) is 0.867. The third-order valence-corrected chi connectivity index (χ3v) is 4.70. The quantitative estimate of drug-likeness (QED) is 0.910. The third kappa shape index (κ3) is 3.44. The Morgan fingerprint density at radius 1 is 1.38 bits per heavy atom. The Labute approximate surface area is 126 Å². The van der Waals surface area contributed by atoms with Gasteiger partial charge in [0.2, 0.25) is 11.7 Å². The fourth-order valence-corrected chi connectivity index (χ4v) is 3.32. The van der Waals surface area contributed by atoms with E-state index in [1.54, 1.807) is 0 Å². The van der Waals surface area contributed by atoms with E-state index in [0.29, 0.717) is 30.8 Å². The highest BCUT2D eigenvalue weighted by atomic mass is 16.5. The molecule has 2 aliphatic rings. The van der Waals surface area contributed by atoms with E-state index in [4.69, 9.17) is 15.0 Å². The van der Waals surface area contributed by atoms with Gasteiger partial charge in [-0.25, -0.2) is 0 Å². The summed E-state index contributed by atoms with van der Waals surface area (Å²) < 4.78 is 11.2. The van der Waals surface area contributed by atoms with E-state index >= 15 is 0 Å². The van der Waals surface area contributed by atoms with Crippen LogP contribution in [0.2, 0.25) is 0 Å². The van der Waals surface area contributed by atoms with Gasteiger partial charge in [-0.1, -0.05) is 18.0 Å². The Morgan fingerprint density at radius 2 is 2.14 bits per heavy atom. The molecule has 6 heteroatoms. The van der Waals surface area contributed by atoms with Gasteiger partial charge in [-0.05, 0) is 26.7 Å². The van der Waals surface area contributed by atoms with Crippen LogP contribution < -0.4 is 5.73 Å². The molecule has 2 heterocycles. The highest BCUT2D eigenvalue weighted by Crippen LogP contribution is 2.30. The predicted octanol–water partition coefficient (Wildman–Crippen LogP) is 1.67. The summed E-state index contributed by atoms with van der Waals surface area (Å²) in [6.07, 6.45) is 5.09. The molecule has 2 N–H and O–H groups in total. The third-order valence-electron chi connectivity index (χ3n) is 4.70. The Morgan fingerprint density at radius 3 is 2.86 bits per heavy atom. The van der Waals surface area contributed by atoms with E-state index in [-0.39, 0.29) is 11.6 Å². The highest BCUT2D eigenvalue weighted by molar-refractivity contribution is 5.01. The van der Waals surface area contributed by atoms with Crippen molar-refractivity contribution in [2.24, 2.45) is 5.73 Å². The van der Waals surface area contributed by atoms with Crippen LogP contribution in [0.25, 0.3) is 0 Å². The molecule has 118 valence electrons. The predicted molar refractivity (Wildman–Crippen MR) is 78.8 cm³/mol. The minimum atomic E-state index is -0.152. The molecule has 1 aromatic heterocycles. The van der Waals surface area contributed by atoms with Gasteiger partial charge in [0, 0.05) is 31.1 Å². The second-order valence-corrected chi connectivity index (χ2v) is 6.74. The zero-order valence-corrected chi connectivity index (χ0v) is 13.0. The van der Waals surface area contributed by atoms with E-state index in [1.165, 1.54) is 12.8 Å². The first-order valence-electron chi connectivity index (χ1n) is 8.03. The van der Waals surface area contributed by atoms with Crippen LogP contribution in [0.15, 0.2) is 4.52 Å². The molecule has 0 aromatic carbocycles. The zero-order chi connectivity index (χ0) is 14.9. The van der Waals surface area contributed by atoms with Crippen molar-refractivity contribution in [3.05, 3.63) is 11.7 Å². The summed E-state index contributed by atoms with van der Waals surface area (Å²) in [6, 6.07) is 0.508. The summed E-state index contributed by atoms with van der Waals surface area (Å²) >= 11 is 0. The summed E-state index contributed by atoms with van der Waals surface area (Å²) in [4.78, 5) is 6.91. The number of nitrogens with zero attached hydrogens (tertiary/aromatic N) is 3. The van der Waals surface area contributed by atoms with Gasteiger partial charge in [0.1, 0.15) is 6.10 Å². The highest BCUT2D eigenvalue weighted by Gasteiger charge is 2.33. The van der Waals surface area contributed by atoms with E-state index in [1.807, 2.05) is 0 Å². The monoisotopic (exact) mass is 294 g/mol. The van der Waals surface area contributed by atoms with Gasteiger partial charge >= 0.3 is 0 Å². The van der Waals surface area contributed by atoms with Crippen molar-refractivity contribution in [3.8, 4) is 0 Å². The molecule has 1 unspecified atom stereocenters. The maximum Gasteiger partial charge on any atom is 0.228 e. The number of hydrogen-bond donors (Lipinski definition) is 1. The molecule has 3 rings (SSSR count). The lowest BCUT2D eigenvalue weighted by Crippen LogP contribution is -2.42. The van der Waals surface area contributed by atoms with Gasteiger partial charge in [-0.3, -0.25) is 4.90 Å².